The lowest BCUT2D eigenvalue weighted by Gasteiger charge is -2.56. The van der Waals surface area contributed by atoms with Gasteiger partial charge in [-0.15, -0.1) is 0 Å². The van der Waals surface area contributed by atoms with E-state index >= 15 is 0 Å². The number of carbonyl (C=O) groups is 4. The molecule has 4 amide bonds. The van der Waals surface area contributed by atoms with Gasteiger partial charge in [-0.3, -0.25) is 0 Å². The molecule has 1 heterocycles. The lowest BCUT2D eigenvalue weighted by molar-refractivity contribution is -0.275. The van der Waals surface area contributed by atoms with Crippen LogP contribution in [-0.4, -0.2) is 77.6 Å². The van der Waals surface area contributed by atoms with Crippen molar-refractivity contribution in [3.63, 3.8) is 0 Å². The molecular formula is C26H32N4O8. The summed E-state index contributed by atoms with van der Waals surface area (Å²) < 4.78 is 21.1. The minimum absolute atomic E-state index is 0.0172. The summed E-state index contributed by atoms with van der Waals surface area (Å²) in [6, 6.07) is 17.6. The minimum atomic E-state index is -1.57. The second-order valence-electron chi connectivity index (χ2n) is 7.84. The van der Waals surface area contributed by atoms with E-state index < -0.39 is 29.9 Å². The van der Waals surface area contributed by atoms with Crippen LogP contribution < -0.4 is 0 Å². The van der Waals surface area contributed by atoms with Crippen molar-refractivity contribution in [3.8, 4) is 0 Å². The van der Waals surface area contributed by atoms with Gasteiger partial charge in [-0.2, -0.15) is 10.0 Å². The molecule has 0 aromatic heterocycles. The third-order valence-electron chi connectivity index (χ3n) is 5.62. The highest BCUT2D eigenvalue weighted by Gasteiger charge is 2.60. The van der Waals surface area contributed by atoms with Crippen LogP contribution in [0.4, 0.5) is 19.2 Å². The number of hydrogen-bond donors (Lipinski definition) is 0. The number of amides is 4. The smallest absolute Gasteiger partial charge is 0.448 e. The molecule has 3 rings (SSSR count). The van der Waals surface area contributed by atoms with Crippen LogP contribution in [0.25, 0.3) is 0 Å². The maximum atomic E-state index is 13.7. The molecule has 0 atom stereocenters. The van der Waals surface area contributed by atoms with Gasteiger partial charge in [0.2, 0.25) is 0 Å². The average Bonchev–Trinajstić information content (AvgIpc) is 2.93. The quantitative estimate of drug-likeness (QED) is 0.502. The first-order valence-electron chi connectivity index (χ1n) is 12.3. The second-order valence-corrected chi connectivity index (χ2v) is 7.84. The number of rotatable bonds is 6. The van der Waals surface area contributed by atoms with Crippen molar-refractivity contribution >= 4 is 24.4 Å². The molecule has 0 unspecified atom stereocenters. The average molecular weight is 529 g/mol. The van der Waals surface area contributed by atoms with Crippen molar-refractivity contribution in [2.24, 2.45) is 0 Å². The SMILES string of the molecule is CCOC(=O)N1CC(c2ccccc2)(c2ccccc2)N(C(=O)OCC)N(C(=O)OCC)N1C(=O)OCC. The van der Waals surface area contributed by atoms with Crippen LogP contribution in [0.15, 0.2) is 60.7 Å². The minimum Gasteiger partial charge on any atom is -0.448 e. The Morgan fingerprint density at radius 3 is 1.45 bits per heavy atom. The van der Waals surface area contributed by atoms with Gasteiger partial charge in [0.1, 0.15) is 5.54 Å². The van der Waals surface area contributed by atoms with Crippen LogP contribution in [0.5, 0.6) is 0 Å². The number of benzene rings is 2. The van der Waals surface area contributed by atoms with Gasteiger partial charge in [0.05, 0.1) is 33.0 Å². The van der Waals surface area contributed by atoms with Gasteiger partial charge in [-0.25, -0.2) is 19.2 Å². The van der Waals surface area contributed by atoms with E-state index in [-0.39, 0.29) is 33.0 Å². The number of hydrogen-bond acceptors (Lipinski definition) is 8. The zero-order valence-corrected chi connectivity index (χ0v) is 21.9. The molecule has 0 bridgehead atoms. The fraction of sp³-hybridized carbons (Fsp3) is 0.385. The first-order chi connectivity index (χ1) is 18.4. The van der Waals surface area contributed by atoms with Crippen molar-refractivity contribution in [1.29, 1.82) is 0 Å². The molecule has 12 heteroatoms. The summed E-state index contributed by atoms with van der Waals surface area (Å²) in [7, 11) is 0. The van der Waals surface area contributed by atoms with E-state index in [2.05, 4.69) is 0 Å². The Bertz CT molecular complexity index is 1080. The summed E-state index contributed by atoms with van der Waals surface area (Å²) in [6.07, 6.45) is -4.16. The second kappa shape index (κ2) is 12.7. The molecular weight excluding hydrogens is 496 g/mol. The van der Waals surface area contributed by atoms with Crippen LogP contribution in [0.3, 0.4) is 0 Å². The van der Waals surface area contributed by atoms with E-state index in [1.807, 2.05) is 0 Å². The monoisotopic (exact) mass is 528 g/mol. The van der Waals surface area contributed by atoms with E-state index in [0.29, 0.717) is 21.4 Å². The fourth-order valence-corrected chi connectivity index (χ4v) is 4.18. The van der Waals surface area contributed by atoms with E-state index in [0.717, 1.165) is 10.0 Å². The predicted molar refractivity (Wildman–Crippen MR) is 134 cm³/mol. The zero-order chi connectivity index (χ0) is 27.7. The highest BCUT2D eigenvalue weighted by Crippen LogP contribution is 2.43. The fourth-order valence-electron chi connectivity index (χ4n) is 4.18. The number of nitrogens with zero attached hydrogens (tertiary/aromatic N) is 4. The molecule has 204 valence electrons. The highest BCUT2D eigenvalue weighted by molar-refractivity contribution is 5.82. The summed E-state index contributed by atoms with van der Waals surface area (Å²) in [5.41, 5.74) is -0.533. The summed E-state index contributed by atoms with van der Waals surface area (Å²) in [5.74, 6) is 0. The predicted octanol–water partition coefficient (Wildman–Crippen LogP) is 4.52. The molecule has 0 radical (unpaired) electrons. The van der Waals surface area contributed by atoms with E-state index in [1.165, 1.54) is 0 Å². The molecule has 38 heavy (non-hydrogen) atoms. The molecule has 0 N–H and O–H groups in total. The van der Waals surface area contributed by atoms with Crippen LogP contribution in [-0.2, 0) is 24.5 Å². The van der Waals surface area contributed by atoms with Crippen molar-refractivity contribution in [2.45, 2.75) is 33.2 Å². The maximum Gasteiger partial charge on any atom is 0.450 e. The van der Waals surface area contributed by atoms with E-state index in [4.69, 9.17) is 18.9 Å². The van der Waals surface area contributed by atoms with Gasteiger partial charge in [0.25, 0.3) is 0 Å². The first-order valence-corrected chi connectivity index (χ1v) is 12.3. The van der Waals surface area contributed by atoms with Crippen molar-refractivity contribution < 1.29 is 38.1 Å². The van der Waals surface area contributed by atoms with Gasteiger partial charge in [0.15, 0.2) is 0 Å². The van der Waals surface area contributed by atoms with Crippen LogP contribution in [0.2, 0.25) is 0 Å². The molecule has 1 aliphatic heterocycles. The summed E-state index contributed by atoms with van der Waals surface area (Å²) in [4.78, 5) is 53.9. The summed E-state index contributed by atoms with van der Waals surface area (Å²) >= 11 is 0. The molecule has 12 nitrogen and oxygen atoms in total. The third kappa shape index (κ3) is 5.29. The lowest BCUT2D eigenvalue weighted by Crippen LogP contribution is -2.78. The summed E-state index contributed by atoms with van der Waals surface area (Å²) in [5, 5.41) is 3.11. The third-order valence-corrected chi connectivity index (χ3v) is 5.62. The lowest BCUT2D eigenvalue weighted by atomic mass is 9.81. The maximum absolute atomic E-state index is 13.7. The Morgan fingerprint density at radius 1 is 0.605 bits per heavy atom. The van der Waals surface area contributed by atoms with Crippen molar-refractivity contribution in [3.05, 3.63) is 71.8 Å². The molecule has 2 aromatic carbocycles. The number of hydrazine groups is 3. The summed E-state index contributed by atoms with van der Waals surface area (Å²) in [6.45, 7) is 5.78. The Morgan fingerprint density at radius 2 is 1.00 bits per heavy atom. The molecule has 0 aliphatic carbocycles. The van der Waals surface area contributed by atoms with Crippen LogP contribution >= 0.6 is 0 Å². The standard InChI is InChI=1S/C26H32N4O8/c1-5-35-22(31)27-19-26(20-15-11-9-12-16-20,21-17-13-10-14-18-21)28(23(32)36-6-2)30(25(34)38-8-4)29(27)24(33)37-7-3/h9-18H,5-8,19H2,1-4H3. The molecule has 1 aliphatic rings. The van der Waals surface area contributed by atoms with Gasteiger partial charge in [0, 0.05) is 0 Å². The molecule has 1 saturated heterocycles. The van der Waals surface area contributed by atoms with Gasteiger partial charge in [-0.1, -0.05) is 70.9 Å². The van der Waals surface area contributed by atoms with Gasteiger partial charge in [-0.05, 0) is 38.8 Å². The Labute approximate surface area is 221 Å². The molecule has 2 aromatic rings. The van der Waals surface area contributed by atoms with Crippen molar-refractivity contribution in [1.82, 2.24) is 20.3 Å². The van der Waals surface area contributed by atoms with E-state index in [9.17, 15) is 19.2 Å². The Balaban J connectivity index is 2.44. The Kier molecular flexibility index (Phi) is 9.36. The molecule has 0 spiro atoms. The number of ether oxygens (including phenoxy) is 4. The molecule has 0 saturated carbocycles. The van der Waals surface area contributed by atoms with Crippen molar-refractivity contribution in [2.75, 3.05) is 33.0 Å². The van der Waals surface area contributed by atoms with Gasteiger partial charge >= 0.3 is 24.4 Å². The Hall–Kier alpha value is -4.48. The van der Waals surface area contributed by atoms with Crippen LogP contribution in [0, 0.1) is 0 Å². The van der Waals surface area contributed by atoms with Crippen LogP contribution in [0.1, 0.15) is 38.8 Å². The largest absolute Gasteiger partial charge is 0.450 e. The molecule has 1 fully saturated rings. The first kappa shape index (κ1) is 28.1. The topological polar surface area (TPSA) is 118 Å². The number of carbonyl (C=O) groups excluding carboxylic acids is 4. The van der Waals surface area contributed by atoms with E-state index in [1.54, 1.807) is 88.4 Å². The van der Waals surface area contributed by atoms with Gasteiger partial charge < -0.3 is 18.9 Å². The highest BCUT2D eigenvalue weighted by atomic mass is 16.6. The normalized spacial score (nSPS) is 14.5. The zero-order valence-electron chi connectivity index (χ0n) is 21.9.